The Balaban J connectivity index is 1.73. The number of para-hydroxylation sites is 2. The monoisotopic (exact) mass is 506 g/mol. The van der Waals surface area contributed by atoms with Crippen LogP contribution >= 0.6 is 0 Å². The van der Waals surface area contributed by atoms with E-state index in [1.807, 2.05) is 0 Å². The van der Waals surface area contributed by atoms with Gasteiger partial charge in [0.15, 0.2) is 9.79 Å². The lowest BCUT2D eigenvalue weighted by molar-refractivity contribution is -0.388. The molecule has 0 bridgehead atoms. The topological polar surface area (TPSA) is 179 Å². The molecular formula is C20H18N4O8S2. The third kappa shape index (κ3) is 5.79. The molecule has 178 valence electrons. The second-order valence-corrected chi connectivity index (χ2v) is 10.4. The van der Waals surface area contributed by atoms with Crippen LogP contribution in [0.1, 0.15) is 11.1 Å². The van der Waals surface area contributed by atoms with Crippen molar-refractivity contribution >= 4 is 31.4 Å². The highest BCUT2D eigenvalue weighted by atomic mass is 32.2. The van der Waals surface area contributed by atoms with E-state index in [0.29, 0.717) is 11.1 Å². The van der Waals surface area contributed by atoms with Crippen molar-refractivity contribution in [3.8, 4) is 0 Å². The van der Waals surface area contributed by atoms with Crippen molar-refractivity contribution in [3.63, 3.8) is 0 Å². The van der Waals surface area contributed by atoms with Gasteiger partial charge >= 0.3 is 0 Å². The van der Waals surface area contributed by atoms with E-state index in [0.717, 1.165) is 24.3 Å². The minimum Gasteiger partial charge on any atom is -0.258 e. The average Bonchev–Trinajstić information content (AvgIpc) is 2.82. The molecule has 2 N–H and O–H groups in total. The van der Waals surface area contributed by atoms with Crippen molar-refractivity contribution < 1.29 is 26.7 Å². The summed E-state index contributed by atoms with van der Waals surface area (Å²) in [5, 5.41) is 22.2. The van der Waals surface area contributed by atoms with Gasteiger partial charge in [0.1, 0.15) is 0 Å². The number of nitro benzene ring substituents is 2. The smallest absolute Gasteiger partial charge is 0.258 e. The summed E-state index contributed by atoms with van der Waals surface area (Å²) in [4.78, 5) is 19.7. The van der Waals surface area contributed by atoms with Crippen LogP contribution in [0.5, 0.6) is 0 Å². The molecular weight excluding hydrogens is 488 g/mol. The van der Waals surface area contributed by atoms with Crippen molar-refractivity contribution in [1.29, 1.82) is 0 Å². The van der Waals surface area contributed by atoms with Gasteiger partial charge in [-0.1, -0.05) is 48.5 Å². The van der Waals surface area contributed by atoms with Crippen molar-refractivity contribution in [2.24, 2.45) is 0 Å². The zero-order valence-corrected chi connectivity index (χ0v) is 19.0. The Kier molecular flexibility index (Phi) is 7.36. The molecule has 3 rings (SSSR count). The Morgan fingerprint density at radius 3 is 1.38 bits per heavy atom. The molecule has 12 nitrogen and oxygen atoms in total. The molecule has 0 fully saturated rings. The molecule has 14 heteroatoms. The van der Waals surface area contributed by atoms with Gasteiger partial charge in [-0.2, -0.15) is 0 Å². The van der Waals surface area contributed by atoms with Gasteiger partial charge in [-0.3, -0.25) is 20.2 Å². The number of nitrogens with one attached hydrogen (secondary N) is 2. The summed E-state index contributed by atoms with van der Waals surface area (Å²) >= 11 is 0. The molecule has 0 spiro atoms. The predicted octanol–water partition coefficient (Wildman–Crippen LogP) is 2.46. The Morgan fingerprint density at radius 2 is 1.00 bits per heavy atom. The van der Waals surface area contributed by atoms with Crippen molar-refractivity contribution in [3.05, 3.63) is 104 Å². The molecule has 0 saturated carbocycles. The van der Waals surface area contributed by atoms with Crippen LogP contribution in [0, 0.1) is 20.2 Å². The number of nitro groups is 2. The standard InChI is InChI=1S/C20H18N4O8S2/c25-23(26)17-8-1-3-10-19(17)33(29,30)21-13-15-6-5-7-16(12-15)14-22-34(31,32)20-11-4-2-9-18(20)24(27)28/h1-12,21-22H,13-14H2. The molecule has 34 heavy (non-hydrogen) atoms. The third-order valence-electron chi connectivity index (χ3n) is 4.63. The molecule has 0 aromatic heterocycles. The van der Waals surface area contributed by atoms with Crippen LogP contribution in [-0.2, 0) is 33.1 Å². The highest BCUT2D eigenvalue weighted by molar-refractivity contribution is 7.90. The van der Waals surface area contributed by atoms with Crippen LogP contribution in [0.25, 0.3) is 0 Å². The van der Waals surface area contributed by atoms with Gasteiger partial charge in [0.05, 0.1) is 9.85 Å². The summed E-state index contributed by atoms with van der Waals surface area (Å²) in [5.74, 6) is 0. The van der Waals surface area contributed by atoms with Crippen LogP contribution in [-0.4, -0.2) is 26.7 Å². The Morgan fingerprint density at radius 1 is 0.618 bits per heavy atom. The fourth-order valence-electron chi connectivity index (χ4n) is 3.03. The maximum Gasteiger partial charge on any atom is 0.289 e. The number of hydrogen-bond acceptors (Lipinski definition) is 8. The first-order valence-corrected chi connectivity index (χ1v) is 12.5. The lowest BCUT2D eigenvalue weighted by Crippen LogP contribution is -2.25. The molecule has 0 amide bonds. The van der Waals surface area contributed by atoms with E-state index in [4.69, 9.17) is 0 Å². The molecule has 0 aliphatic heterocycles. The van der Waals surface area contributed by atoms with Gasteiger partial charge < -0.3 is 0 Å². The van der Waals surface area contributed by atoms with E-state index in [2.05, 4.69) is 9.44 Å². The zero-order chi connectivity index (χ0) is 24.9. The second kappa shape index (κ2) is 10.0. The third-order valence-corrected chi connectivity index (χ3v) is 7.52. The normalized spacial score (nSPS) is 11.8. The summed E-state index contributed by atoms with van der Waals surface area (Å²) in [7, 11) is -8.40. The summed E-state index contributed by atoms with van der Waals surface area (Å²) < 4.78 is 54.8. The molecule has 0 heterocycles. The van der Waals surface area contributed by atoms with Crippen LogP contribution in [0.2, 0.25) is 0 Å². The van der Waals surface area contributed by atoms with Gasteiger partial charge in [-0.25, -0.2) is 26.3 Å². The number of nitrogens with zero attached hydrogens (tertiary/aromatic N) is 2. The molecule has 0 radical (unpaired) electrons. The van der Waals surface area contributed by atoms with E-state index in [1.54, 1.807) is 18.2 Å². The van der Waals surface area contributed by atoms with Gasteiger partial charge in [0.25, 0.3) is 11.4 Å². The Hall–Kier alpha value is -3.72. The first kappa shape index (κ1) is 24.9. The first-order valence-electron chi connectivity index (χ1n) is 9.55. The zero-order valence-electron chi connectivity index (χ0n) is 17.3. The molecule has 3 aromatic carbocycles. The summed E-state index contributed by atoms with van der Waals surface area (Å²) in [6.45, 7) is -0.418. The molecule has 0 aliphatic rings. The van der Waals surface area contributed by atoms with Crippen LogP contribution < -0.4 is 9.44 Å². The van der Waals surface area contributed by atoms with E-state index in [-0.39, 0.29) is 13.1 Å². The van der Waals surface area contributed by atoms with Gasteiger partial charge in [0.2, 0.25) is 20.0 Å². The van der Waals surface area contributed by atoms with Crippen LogP contribution in [0.4, 0.5) is 11.4 Å². The Bertz CT molecular complexity index is 1350. The minimum absolute atomic E-state index is 0.209. The van der Waals surface area contributed by atoms with E-state index in [9.17, 15) is 37.1 Å². The predicted molar refractivity (Wildman–Crippen MR) is 121 cm³/mol. The SMILES string of the molecule is O=[N+]([O-])c1ccccc1S(=O)(=O)NCc1cccc(CNS(=O)(=O)c2ccccc2[N+](=O)[O-])c1. The van der Waals surface area contributed by atoms with E-state index >= 15 is 0 Å². The maximum absolute atomic E-state index is 12.6. The van der Waals surface area contributed by atoms with Gasteiger partial charge in [-0.05, 0) is 23.3 Å². The lowest BCUT2D eigenvalue weighted by Gasteiger charge is -2.10. The van der Waals surface area contributed by atoms with Crippen molar-refractivity contribution in [1.82, 2.24) is 9.44 Å². The summed E-state index contributed by atoms with van der Waals surface area (Å²) in [5.41, 5.74) is -0.199. The first-order chi connectivity index (χ1) is 16.0. The number of benzene rings is 3. The van der Waals surface area contributed by atoms with Crippen LogP contribution in [0.3, 0.4) is 0 Å². The quantitative estimate of drug-likeness (QED) is 0.311. The molecule has 0 saturated heterocycles. The largest absolute Gasteiger partial charge is 0.289 e. The molecule has 0 atom stereocenters. The highest BCUT2D eigenvalue weighted by Gasteiger charge is 2.26. The van der Waals surface area contributed by atoms with E-state index in [1.165, 1.54) is 30.3 Å². The maximum atomic E-state index is 12.6. The summed E-state index contributed by atoms with van der Waals surface area (Å²) in [6.07, 6.45) is 0. The van der Waals surface area contributed by atoms with Crippen LogP contribution in [0.15, 0.2) is 82.6 Å². The number of sulfonamides is 2. The summed E-state index contributed by atoms with van der Waals surface area (Å²) in [6, 6.07) is 16.1. The number of hydrogen-bond donors (Lipinski definition) is 2. The highest BCUT2D eigenvalue weighted by Crippen LogP contribution is 2.24. The fourth-order valence-corrected chi connectivity index (χ4v) is 5.41. The molecule has 3 aromatic rings. The Labute approximate surface area is 194 Å². The van der Waals surface area contributed by atoms with E-state index < -0.39 is 51.1 Å². The van der Waals surface area contributed by atoms with Gasteiger partial charge in [0, 0.05) is 25.2 Å². The lowest BCUT2D eigenvalue weighted by atomic mass is 10.1. The van der Waals surface area contributed by atoms with Crippen molar-refractivity contribution in [2.75, 3.05) is 0 Å². The minimum atomic E-state index is -4.20. The average molecular weight is 507 g/mol. The second-order valence-electron chi connectivity index (χ2n) is 6.92. The van der Waals surface area contributed by atoms with Crippen molar-refractivity contribution in [2.45, 2.75) is 22.9 Å². The number of rotatable bonds is 10. The molecule has 0 aliphatic carbocycles. The fraction of sp³-hybridized carbons (Fsp3) is 0.100. The molecule has 0 unspecified atom stereocenters. The van der Waals surface area contributed by atoms with Gasteiger partial charge in [-0.15, -0.1) is 0 Å².